The Hall–Kier alpha value is -4.92. The summed E-state index contributed by atoms with van der Waals surface area (Å²) in [5.74, 6) is -3.46. The number of hydrogen-bond acceptors (Lipinski definition) is 5. The molecule has 0 aliphatic carbocycles. The van der Waals surface area contributed by atoms with E-state index in [1.807, 2.05) is 0 Å². The molecule has 5 aromatic rings. The topological polar surface area (TPSA) is 153 Å². The van der Waals surface area contributed by atoms with E-state index in [4.69, 9.17) is 0 Å². The van der Waals surface area contributed by atoms with Crippen molar-refractivity contribution in [1.82, 2.24) is 10.6 Å². The molecule has 0 aliphatic heterocycles. The number of hydrogen-bond donors (Lipinski definition) is 5. The summed E-state index contributed by atoms with van der Waals surface area (Å²) in [6.07, 6.45) is 11.1. The van der Waals surface area contributed by atoms with Crippen LogP contribution in [0.15, 0.2) is 42.5 Å². The smallest absolute Gasteiger partial charge is 0.336 e. The molecule has 0 fully saturated rings. The van der Waals surface area contributed by atoms with Crippen molar-refractivity contribution in [3.05, 3.63) is 64.7 Å². The molecular weight excluding hydrogens is 644 g/mol. The van der Waals surface area contributed by atoms with Gasteiger partial charge >= 0.3 is 11.9 Å². The van der Waals surface area contributed by atoms with Crippen molar-refractivity contribution < 1.29 is 34.5 Å². The highest BCUT2D eigenvalue weighted by atomic mass is 16.4. The molecule has 0 atom stereocenters. The van der Waals surface area contributed by atoms with E-state index in [9.17, 15) is 34.5 Å². The van der Waals surface area contributed by atoms with E-state index in [2.05, 4.69) is 38.3 Å². The first-order chi connectivity index (χ1) is 24.6. The molecular formula is C42H50N2O7. The molecule has 0 heterocycles. The summed E-state index contributed by atoms with van der Waals surface area (Å²) < 4.78 is 0. The Morgan fingerprint density at radius 1 is 0.510 bits per heavy atom. The zero-order valence-electron chi connectivity index (χ0n) is 30.2. The number of amides is 2. The second-order valence-corrected chi connectivity index (χ2v) is 13.8. The predicted molar refractivity (Wildman–Crippen MR) is 204 cm³/mol. The van der Waals surface area contributed by atoms with Gasteiger partial charge in [0.15, 0.2) is 0 Å². The molecule has 0 spiro atoms. The monoisotopic (exact) mass is 694 g/mol. The van der Waals surface area contributed by atoms with E-state index in [-0.39, 0.29) is 51.7 Å². The van der Waals surface area contributed by atoms with Gasteiger partial charge in [-0.25, -0.2) is 9.59 Å². The normalized spacial score (nSPS) is 11.8. The van der Waals surface area contributed by atoms with Gasteiger partial charge in [0.05, 0.1) is 16.7 Å². The Morgan fingerprint density at radius 3 is 1.35 bits per heavy atom. The van der Waals surface area contributed by atoms with Crippen molar-refractivity contribution in [2.24, 2.45) is 0 Å². The third-order valence-electron chi connectivity index (χ3n) is 10.2. The molecule has 5 aromatic carbocycles. The molecule has 2 amide bonds. The van der Waals surface area contributed by atoms with Crippen molar-refractivity contribution in [2.45, 2.75) is 117 Å². The number of unbranched alkanes of at least 4 members (excludes halogenated alkanes) is 4. The fourth-order valence-electron chi connectivity index (χ4n) is 7.61. The Kier molecular flexibility index (Phi) is 12.0. The third kappa shape index (κ3) is 7.43. The average Bonchev–Trinajstić information content (AvgIpc) is 3.11. The minimum atomic E-state index is -1.28. The standard InChI is InChI=1S/C42H50N2O7/c1-5-9-13-24(14-10-6-2)43-39(46)29-20-17-27-26-18-21-30(41(48)49)36-31(42(50)51)22-19-28(34(26)36)37-33(45)23-32(35(29)38(27)37)40(47)44-25(15-11-7-3)16-12-8-4/h17-25,45H,5-16H2,1-4H3,(H,43,46)(H,44,47)(H,48,49)(H,50,51). The molecule has 0 radical (unpaired) electrons. The second kappa shape index (κ2) is 16.4. The van der Waals surface area contributed by atoms with Crippen molar-refractivity contribution in [2.75, 3.05) is 0 Å². The summed E-state index contributed by atoms with van der Waals surface area (Å²) in [6.45, 7) is 8.46. The highest BCUT2D eigenvalue weighted by molar-refractivity contribution is 6.39. The number of phenols is 1. The fraction of sp³-hybridized carbons (Fsp3) is 0.429. The molecule has 51 heavy (non-hydrogen) atoms. The largest absolute Gasteiger partial charge is 0.507 e. The van der Waals surface area contributed by atoms with Gasteiger partial charge in [-0.15, -0.1) is 0 Å². The maximum atomic E-state index is 14.3. The lowest BCUT2D eigenvalue weighted by atomic mass is 9.83. The minimum absolute atomic E-state index is 0.0419. The van der Waals surface area contributed by atoms with Crippen LogP contribution in [0, 0.1) is 0 Å². The number of nitrogens with one attached hydrogen (secondary N) is 2. The molecule has 0 aromatic heterocycles. The predicted octanol–water partition coefficient (Wildman–Crippen LogP) is 9.80. The van der Waals surface area contributed by atoms with Gasteiger partial charge in [0.2, 0.25) is 0 Å². The van der Waals surface area contributed by atoms with Gasteiger partial charge in [-0.05, 0) is 71.5 Å². The van der Waals surface area contributed by atoms with E-state index >= 15 is 0 Å². The number of carboxylic acid groups (broad SMARTS) is 2. The first kappa shape index (κ1) is 37.3. The zero-order valence-corrected chi connectivity index (χ0v) is 30.2. The van der Waals surface area contributed by atoms with Crippen molar-refractivity contribution in [3.8, 4) is 5.75 Å². The van der Waals surface area contributed by atoms with Crippen LogP contribution in [0.4, 0.5) is 0 Å². The van der Waals surface area contributed by atoms with Gasteiger partial charge < -0.3 is 26.0 Å². The fourth-order valence-corrected chi connectivity index (χ4v) is 7.61. The van der Waals surface area contributed by atoms with Gasteiger partial charge in [0, 0.05) is 39.2 Å². The first-order valence-electron chi connectivity index (χ1n) is 18.6. The van der Waals surface area contributed by atoms with Gasteiger partial charge in [0.1, 0.15) is 5.75 Å². The van der Waals surface area contributed by atoms with Crippen molar-refractivity contribution in [1.29, 1.82) is 0 Å². The van der Waals surface area contributed by atoms with E-state index in [0.29, 0.717) is 43.3 Å². The summed E-state index contributed by atoms with van der Waals surface area (Å²) in [5.41, 5.74) is 0.142. The van der Waals surface area contributed by atoms with Crippen LogP contribution in [0.2, 0.25) is 0 Å². The summed E-state index contributed by atoms with van der Waals surface area (Å²) in [4.78, 5) is 53.4. The highest BCUT2D eigenvalue weighted by Crippen LogP contribution is 2.47. The summed E-state index contributed by atoms with van der Waals surface area (Å²) in [6, 6.07) is 10.7. The Labute approximate surface area is 298 Å². The van der Waals surface area contributed by atoms with Crippen molar-refractivity contribution >= 4 is 66.8 Å². The number of rotatable bonds is 18. The van der Waals surface area contributed by atoms with Crippen molar-refractivity contribution in [3.63, 3.8) is 0 Å². The molecule has 0 saturated carbocycles. The van der Waals surface area contributed by atoms with Gasteiger partial charge in [-0.1, -0.05) is 97.3 Å². The minimum Gasteiger partial charge on any atom is -0.507 e. The zero-order chi connectivity index (χ0) is 36.8. The number of carbonyl (C=O) groups is 4. The molecule has 9 nitrogen and oxygen atoms in total. The second-order valence-electron chi connectivity index (χ2n) is 13.8. The Morgan fingerprint density at radius 2 is 0.902 bits per heavy atom. The number of carbonyl (C=O) groups excluding carboxylic acids is 2. The third-order valence-corrected chi connectivity index (χ3v) is 10.2. The molecule has 5 rings (SSSR count). The van der Waals surface area contributed by atoms with Crippen LogP contribution in [0.25, 0.3) is 43.1 Å². The first-order valence-corrected chi connectivity index (χ1v) is 18.6. The Bertz CT molecular complexity index is 2050. The number of phenolic OH excluding ortho intramolecular Hbond substituents is 1. The molecule has 0 unspecified atom stereocenters. The van der Waals surface area contributed by atoms with Crippen LogP contribution in [0.5, 0.6) is 5.75 Å². The lowest BCUT2D eigenvalue weighted by Crippen LogP contribution is -2.36. The van der Waals surface area contributed by atoms with Gasteiger partial charge in [-0.3, -0.25) is 9.59 Å². The van der Waals surface area contributed by atoms with Gasteiger partial charge in [-0.2, -0.15) is 0 Å². The van der Waals surface area contributed by atoms with Crippen LogP contribution in [0.3, 0.4) is 0 Å². The number of carboxylic acids is 2. The van der Waals surface area contributed by atoms with Crippen LogP contribution in [-0.4, -0.2) is 51.2 Å². The summed E-state index contributed by atoms with van der Waals surface area (Å²) in [5, 5.41) is 41.7. The lowest BCUT2D eigenvalue weighted by molar-refractivity contribution is 0.0695. The number of benzene rings is 5. The highest BCUT2D eigenvalue weighted by Gasteiger charge is 2.28. The van der Waals surface area contributed by atoms with E-state index in [0.717, 1.165) is 77.0 Å². The van der Waals surface area contributed by atoms with E-state index < -0.39 is 11.9 Å². The SMILES string of the molecule is CCCCC(CCCC)NC(=O)c1ccc2c3ccc(C(=O)O)c4c(C(=O)O)ccc(c5c(O)cc(C(=O)NC(CCCC)CCCC)c1c25)c43. The molecule has 0 bridgehead atoms. The number of fused-ring (bicyclic) bond motifs is 2. The quantitative estimate of drug-likeness (QED) is 0.0452. The number of aromatic hydroxyl groups is 1. The Balaban J connectivity index is 1.84. The molecule has 9 heteroatoms. The van der Waals surface area contributed by atoms with Crippen LogP contribution in [-0.2, 0) is 0 Å². The van der Waals surface area contributed by atoms with E-state index in [1.54, 1.807) is 24.3 Å². The van der Waals surface area contributed by atoms with Crippen LogP contribution < -0.4 is 10.6 Å². The lowest BCUT2D eigenvalue weighted by Gasteiger charge is -2.23. The summed E-state index contributed by atoms with van der Waals surface area (Å²) >= 11 is 0. The maximum Gasteiger partial charge on any atom is 0.336 e. The molecule has 0 saturated heterocycles. The average molecular weight is 695 g/mol. The van der Waals surface area contributed by atoms with Gasteiger partial charge in [0.25, 0.3) is 11.8 Å². The van der Waals surface area contributed by atoms with E-state index in [1.165, 1.54) is 18.2 Å². The summed E-state index contributed by atoms with van der Waals surface area (Å²) in [7, 11) is 0. The molecule has 270 valence electrons. The molecule has 0 aliphatic rings. The molecule has 5 N–H and O–H groups in total. The van der Waals surface area contributed by atoms with Crippen LogP contribution >= 0.6 is 0 Å². The van der Waals surface area contributed by atoms with Crippen LogP contribution in [0.1, 0.15) is 146 Å². The number of aromatic carboxylic acids is 2. The maximum absolute atomic E-state index is 14.3.